The van der Waals surface area contributed by atoms with Crippen LogP contribution in [-0.4, -0.2) is 44.3 Å². The van der Waals surface area contributed by atoms with Crippen molar-refractivity contribution in [3.05, 3.63) is 130 Å². The number of hydrogen-bond acceptors (Lipinski definition) is 4. The number of carbonyl (C=O) groups excluding carboxylic acids is 2. The fraction of sp³-hybridized carbons (Fsp3) is 0.235. The SMILES string of the molecule is CCCNC(=O)[C@H](Cc1ccccc1)N(Cc1ccc(C)cc1)C(=O)CN(c1ccc(Cl)c(Cl)c1)S(=O)(=O)c1ccccc1. The third-order valence-electron chi connectivity index (χ3n) is 7.10. The van der Waals surface area contributed by atoms with Crippen LogP contribution in [-0.2, 0) is 32.6 Å². The highest BCUT2D eigenvalue weighted by Crippen LogP contribution is 2.31. The van der Waals surface area contributed by atoms with Crippen molar-refractivity contribution in [2.24, 2.45) is 0 Å². The van der Waals surface area contributed by atoms with Crippen LogP contribution in [0.2, 0.25) is 10.0 Å². The average Bonchev–Trinajstić information content (AvgIpc) is 3.03. The number of amides is 2. The molecule has 0 aromatic heterocycles. The molecule has 10 heteroatoms. The van der Waals surface area contributed by atoms with Crippen molar-refractivity contribution in [2.45, 2.75) is 44.2 Å². The monoisotopic (exact) mass is 651 g/mol. The molecule has 1 atom stereocenters. The molecule has 0 aliphatic rings. The molecule has 0 aliphatic heterocycles. The normalized spacial score (nSPS) is 11.9. The van der Waals surface area contributed by atoms with Crippen molar-refractivity contribution < 1.29 is 18.0 Å². The van der Waals surface area contributed by atoms with E-state index in [1.54, 1.807) is 18.2 Å². The second kappa shape index (κ2) is 15.2. The average molecular weight is 653 g/mol. The second-order valence-electron chi connectivity index (χ2n) is 10.4. The number of nitrogens with zero attached hydrogens (tertiary/aromatic N) is 2. The van der Waals surface area contributed by atoms with E-state index >= 15 is 0 Å². The fourth-order valence-corrected chi connectivity index (χ4v) is 6.42. The molecule has 44 heavy (non-hydrogen) atoms. The lowest BCUT2D eigenvalue weighted by Gasteiger charge is -2.34. The van der Waals surface area contributed by atoms with E-state index in [-0.39, 0.29) is 39.5 Å². The van der Waals surface area contributed by atoms with E-state index in [0.29, 0.717) is 6.54 Å². The first-order valence-corrected chi connectivity index (χ1v) is 16.5. The van der Waals surface area contributed by atoms with Crippen molar-refractivity contribution >= 4 is 50.7 Å². The molecule has 0 fully saturated rings. The lowest BCUT2D eigenvalue weighted by molar-refractivity contribution is -0.140. The van der Waals surface area contributed by atoms with Gasteiger partial charge in [0, 0.05) is 19.5 Å². The molecule has 230 valence electrons. The van der Waals surface area contributed by atoms with Crippen molar-refractivity contribution in [3.8, 4) is 0 Å². The standard InChI is InChI=1S/C34H35Cl2N3O4S/c1-3-20-37-34(41)32(21-26-10-6-4-7-11-26)38(23-27-16-14-25(2)15-17-27)33(40)24-39(28-18-19-30(35)31(36)22-28)44(42,43)29-12-8-5-9-13-29/h4-19,22,32H,3,20-21,23-24H2,1-2H3,(H,37,41)/t32-/m0/s1. The summed E-state index contributed by atoms with van der Waals surface area (Å²) in [5.74, 6) is -0.869. The fourth-order valence-electron chi connectivity index (χ4n) is 4.70. The van der Waals surface area contributed by atoms with Gasteiger partial charge in [-0.1, -0.05) is 108 Å². The van der Waals surface area contributed by atoms with E-state index in [1.165, 1.54) is 35.2 Å². The van der Waals surface area contributed by atoms with Crippen LogP contribution >= 0.6 is 23.2 Å². The van der Waals surface area contributed by atoms with Crippen LogP contribution in [0.1, 0.15) is 30.0 Å². The summed E-state index contributed by atoms with van der Waals surface area (Å²) in [4.78, 5) is 29.6. The summed E-state index contributed by atoms with van der Waals surface area (Å²) >= 11 is 12.5. The molecule has 4 rings (SSSR count). The topological polar surface area (TPSA) is 86.8 Å². The van der Waals surface area contributed by atoms with Crippen molar-refractivity contribution in [2.75, 3.05) is 17.4 Å². The number of carbonyl (C=O) groups is 2. The largest absolute Gasteiger partial charge is 0.354 e. The zero-order valence-electron chi connectivity index (χ0n) is 24.6. The minimum atomic E-state index is -4.23. The van der Waals surface area contributed by atoms with Crippen LogP contribution < -0.4 is 9.62 Å². The predicted octanol–water partition coefficient (Wildman–Crippen LogP) is 6.66. The number of benzene rings is 4. The summed E-state index contributed by atoms with van der Waals surface area (Å²) in [5.41, 5.74) is 2.89. The summed E-state index contributed by atoms with van der Waals surface area (Å²) < 4.78 is 29.1. The van der Waals surface area contributed by atoms with Crippen LogP contribution in [0.25, 0.3) is 0 Å². The number of sulfonamides is 1. The zero-order chi connectivity index (χ0) is 31.7. The molecule has 2 amide bonds. The summed E-state index contributed by atoms with van der Waals surface area (Å²) in [7, 11) is -4.23. The molecule has 1 N–H and O–H groups in total. The number of rotatable bonds is 13. The van der Waals surface area contributed by atoms with E-state index in [9.17, 15) is 18.0 Å². The van der Waals surface area contributed by atoms with Gasteiger partial charge >= 0.3 is 0 Å². The van der Waals surface area contributed by atoms with Gasteiger partial charge in [0.05, 0.1) is 20.6 Å². The number of aryl methyl sites for hydroxylation is 1. The van der Waals surface area contributed by atoms with Gasteiger partial charge in [0.1, 0.15) is 12.6 Å². The summed E-state index contributed by atoms with van der Waals surface area (Å²) in [6.45, 7) is 3.87. The highest BCUT2D eigenvalue weighted by molar-refractivity contribution is 7.92. The number of anilines is 1. The minimum Gasteiger partial charge on any atom is -0.354 e. The maximum atomic E-state index is 14.4. The molecule has 0 bridgehead atoms. The lowest BCUT2D eigenvalue weighted by atomic mass is 10.0. The van der Waals surface area contributed by atoms with Gasteiger partial charge in [0.2, 0.25) is 11.8 Å². The first-order chi connectivity index (χ1) is 21.1. The Morgan fingerprint density at radius 3 is 2.07 bits per heavy atom. The highest BCUT2D eigenvalue weighted by Gasteiger charge is 2.34. The van der Waals surface area contributed by atoms with Gasteiger partial charge in [-0.2, -0.15) is 0 Å². The quantitative estimate of drug-likeness (QED) is 0.175. The number of halogens is 2. The van der Waals surface area contributed by atoms with Gasteiger partial charge in [-0.15, -0.1) is 0 Å². The van der Waals surface area contributed by atoms with Crippen molar-refractivity contribution in [1.82, 2.24) is 10.2 Å². The smallest absolute Gasteiger partial charge is 0.264 e. The summed E-state index contributed by atoms with van der Waals surface area (Å²) in [6, 6.07) is 28.4. The Kier molecular flexibility index (Phi) is 11.4. The van der Waals surface area contributed by atoms with Gasteiger partial charge in [0.25, 0.3) is 10.0 Å². The Morgan fingerprint density at radius 1 is 0.818 bits per heavy atom. The van der Waals surface area contributed by atoms with Crippen LogP contribution in [0.5, 0.6) is 0 Å². The predicted molar refractivity (Wildman–Crippen MR) is 176 cm³/mol. The summed E-state index contributed by atoms with van der Waals surface area (Å²) in [5, 5.41) is 3.33. The third kappa shape index (κ3) is 8.40. The first-order valence-electron chi connectivity index (χ1n) is 14.3. The first kappa shape index (κ1) is 33.1. The second-order valence-corrected chi connectivity index (χ2v) is 13.1. The van der Waals surface area contributed by atoms with Crippen LogP contribution in [0, 0.1) is 6.92 Å². The van der Waals surface area contributed by atoms with Crippen LogP contribution in [0.4, 0.5) is 5.69 Å². The molecule has 4 aromatic carbocycles. The van der Waals surface area contributed by atoms with Gasteiger partial charge < -0.3 is 10.2 Å². The molecule has 4 aromatic rings. The molecule has 0 saturated carbocycles. The molecule has 0 spiro atoms. The Morgan fingerprint density at radius 2 is 1.45 bits per heavy atom. The molecular formula is C34H35Cl2N3O4S. The molecule has 0 aliphatic carbocycles. The van der Waals surface area contributed by atoms with Crippen molar-refractivity contribution in [3.63, 3.8) is 0 Å². The van der Waals surface area contributed by atoms with E-state index in [4.69, 9.17) is 23.2 Å². The number of hydrogen-bond donors (Lipinski definition) is 1. The van der Waals surface area contributed by atoms with E-state index < -0.39 is 28.5 Å². The minimum absolute atomic E-state index is 0.00508. The highest BCUT2D eigenvalue weighted by atomic mass is 35.5. The maximum absolute atomic E-state index is 14.4. The Hall–Kier alpha value is -3.85. The van der Waals surface area contributed by atoms with Crippen LogP contribution in [0.3, 0.4) is 0 Å². The van der Waals surface area contributed by atoms with E-state index in [1.807, 2.05) is 68.4 Å². The summed E-state index contributed by atoms with van der Waals surface area (Å²) in [6.07, 6.45) is 0.961. The van der Waals surface area contributed by atoms with Gasteiger partial charge in [-0.3, -0.25) is 13.9 Å². The lowest BCUT2D eigenvalue weighted by Crippen LogP contribution is -2.53. The van der Waals surface area contributed by atoms with Crippen LogP contribution in [0.15, 0.2) is 108 Å². The van der Waals surface area contributed by atoms with Gasteiger partial charge in [0.15, 0.2) is 0 Å². The van der Waals surface area contributed by atoms with E-state index in [2.05, 4.69) is 5.32 Å². The van der Waals surface area contributed by atoms with Gasteiger partial charge in [-0.25, -0.2) is 8.42 Å². The van der Waals surface area contributed by atoms with Crippen molar-refractivity contribution in [1.29, 1.82) is 0 Å². The molecule has 0 unspecified atom stereocenters. The molecule has 0 saturated heterocycles. The Balaban J connectivity index is 1.80. The van der Waals surface area contributed by atoms with E-state index in [0.717, 1.165) is 27.4 Å². The number of nitrogens with one attached hydrogen (secondary N) is 1. The molecular weight excluding hydrogens is 617 g/mol. The molecule has 0 radical (unpaired) electrons. The third-order valence-corrected chi connectivity index (χ3v) is 9.62. The Labute approximate surface area is 269 Å². The molecule has 0 heterocycles. The Bertz CT molecular complexity index is 1670. The maximum Gasteiger partial charge on any atom is 0.264 e. The van der Waals surface area contributed by atoms with Gasteiger partial charge in [-0.05, 0) is 54.8 Å². The molecule has 7 nitrogen and oxygen atoms in total. The zero-order valence-corrected chi connectivity index (χ0v) is 26.9.